The van der Waals surface area contributed by atoms with Crippen molar-refractivity contribution < 1.29 is 4.57 Å². The minimum absolute atomic E-state index is 0.157. The van der Waals surface area contributed by atoms with Gasteiger partial charge in [0.25, 0.3) is 0 Å². The molecule has 0 saturated carbocycles. The zero-order valence-electron chi connectivity index (χ0n) is 19.8. The predicted octanol–water partition coefficient (Wildman–Crippen LogP) is 5.13. The highest BCUT2D eigenvalue weighted by molar-refractivity contribution is 7.34. The molecule has 0 bridgehead atoms. The van der Waals surface area contributed by atoms with Gasteiger partial charge in [0.15, 0.2) is 5.30 Å². The van der Waals surface area contributed by atoms with Crippen molar-refractivity contribution in [3.05, 3.63) is 99.1 Å². The van der Waals surface area contributed by atoms with Gasteiger partial charge in [-0.25, -0.2) is 0 Å². The third-order valence-corrected chi connectivity index (χ3v) is 5.35. The molecule has 5 nitrogen and oxygen atoms in total. The molecule has 3 aromatic rings. The molecule has 3 rings (SSSR count). The van der Waals surface area contributed by atoms with Crippen LogP contribution >= 0.6 is 8.46 Å². The molecule has 0 spiro atoms. The molecule has 0 aliphatic rings. The van der Waals surface area contributed by atoms with Crippen molar-refractivity contribution >= 4 is 25.4 Å². The van der Waals surface area contributed by atoms with Gasteiger partial charge in [-0.1, -0.05) is 58.2 Å². The van der Waals surface area contributed by atoms with E-state index in [2.05, 4.69) is 0 Å². The molecular weight excluding hydrogens is 415 g/mol. The monoisotopic (exact) mass is 449 g/mol. The Morgan fingerprint density at radius 3 is 1.19 bits per heavy atom. The highest BCUT2D eigenvalue weighted by atomic mass is 31.1. The minimum Gasteiger partial charge on any atom is -0.384 e. The van der Waals surface area contributed by atoms with Crippen LogP contribution in [0.3, 0.4) is 0 Å². The molecule has 6 heteroatoms. The van der Waals surface area contributed by atoms with Crippen LogP contribution in [0.1, 0.15) is 44.5 Å². The molecule has 6 N–H and O–H groups in total. The highest BCUT2D eigenvalue weighted by Gasteiger charge is 2.06. The number of benzene rings is 3. The maximum Gasteiger partial charge on any atom is 0.363 e. The standard InChI is InChI=1S/2C10H14N2.C6H5OP/c2*1-6-4-7(2)9(10(11)12)8(3)5-6;7-8-6-4-2-1-3-5-6/h2*4-5H,1-3H3,(H3,11,12);1-5H/p+1. The Morgan fingerprint density at radius 1 is 0.656 bits per heavy atom. The summed E-state index contributed by atoms with van der Waals surface area (Å²) in [5.74, 6) is 0.315. The Kier molecular flexibility index (Phi) is 10.5. The van der Waals surface area contributed by atoms with Gasteiger partial charge < -0.3 is 11.5 Å². The molecule has 0 amide bonds. The average Bonchev–Trinajstić information content (AvgIpc) is 2.67. The number of nitrogens with one attached hydrogen (secondary N) is 2. The number of amidine groups is 2. The number of hydrogen-bond acceptors (Lipinski definition) is 3. The molecule has 0 aliphatic carbocycles. The van der Waals surface area contributed by atoms with Gasteiger partial charge in [-0.05, 0) is 75.9 Å². The molecule has 0 aromatic heterocycles. The third kappa shape index (κ3) is 8.09. The van der Waals surface area contributed by atoms with Gasteiger partial charge >= 0.3 is 8.46 Å². The SMILES string of the molecule is Cc1cc(C)c(C(=N)N)c(C)c1.Cc1cc(C)c(C(=N)N)c(C)c1.O=[PH+]c1ccccc1. The van der Waals surface area contributed by atoms with Crippen molar-refractivity contribution in [3.8, 4) is 0 Å². The van der Waals surface area contributed by atoms with Gasteiger partial charge in [0.1, 0.15) is 11.7 Å². The first-order valence-electron chi connectivity index (χ1n) is 10.3. The third-order valence-electron chi connectivity index (χ3n) is 4.78. The van der Waals surface area contributed by atoms with E-state index in [0.29, 0.717) is 0 Å². The van der Waals surface area contributed by atoms with E-state index in [1.807, 2.05) is 96.1 Å². The van der Waals surface area contributed by atoms with Gasteiger partial charge in [0.05, 0.1) is 0 Å². The van der Waals surface area contributed by atoms with Gasteiger partial charge in [0, 0.05) is 11.1 Å². The second kappa shape index (κ2) is 12.5. The van der Waals surface area contributed by atoms with Gasteiger partial charge in [0.2, 0.25) is 0 Å². The predicted molar refractivity (Wildman–Crippen MR) is 138 cm³/mol. The first-order valence-corrected chi connectivity index (χ1v) is 11.2. The van der Waals surface area contributed by atoms with E-state index < -0.39 is 0 Å². The smallest absolute Gasteiger partial charge is 0.363 e. The number of nitrogens with two attached hydrogens (primary N) is 2. The molecule has 3 aromatic carbocycles. The van der Waals surface area contributed by atoms with Crippen molar-refractivity contribution in [2.45, 2.75) is 41.5 Å². The number of rotatable bonds is 3. The van der Waals surface area contributed by atoms with E-state index in [-0.39, 0.29) is 20.1 Å². The zero-order valence-corrected chi connectivity index (χ0v) is 20.8. The Morgan fingerprint density at radius 2 is 0.969 bits per heavy atom. The van der Waals surface area contributed by atoms with Crippen molar-refractivity contribution in [2.75, 3.05) is 0 Å². The fraction of sp³-hybridized carbons (Fsp3) is 0.231. The van der Waals surface area contributed by atoms with E-state index >= 15 is 0 Å². The van der Waals surface area contributed by atoms with Crippen LogP contribution in [0.2, 0.25) is 0 Å². The number of hydrogen-bond donors (Lipinski definition) is 4. The molecule has 0 aliphatic heterocycles. The van der Waals surface area contributed by atoms with Crippen molar-refractivity contribution in [3.63, 3.8) is 0 Å². The number of aryl methyl sites for hydroxylation is 6. The molecule has 0 fully saturated rings. The average molecular weight is 450 g/mol. The van der Waals surface area contributed by atoms with Crippen molar-refractivity contribution in [1.82, 2.24) is 0 Å². The summed E-state index contributed by atoms with van der Waals surface area (Å²) in [5.41, 5.74) is 19.4. The molecule has 1 unspecified atom stereocenters. The summed E-state index contributed by atoms with van der Waals surface area (Å²) in [5, 5.41) is 15.6. The molecule has 168 valence electrons. The maximum absolute atomic E-state index is 10.2. The highest BCUT2D eigenvalue weighted by Crippen LogP contribution is 2.16. The molecule has 32 heavy (non-hydrogen) atoms. The first-order chi connectivity index (χ1) is 15.0. The van der Waals surface area contributed by atoms with Crippen LogP contribution in [0.25, 0.3) is 0 Å². The Hall–Kier alpha value is -3.30. The summed E-state index contributed by atoms with van der Waals surface area (Å²) in [6.07, 6.45) is 0. The Bertz CT molecular complexity index is 995. The maximum atomic E-state index is 10.2. The fourth-order valence-electron chi connectivity index (χ4n) is 3.72. The largest absolute Gasteiger partial charge is 0.384 e. The molecule has 1 atom stereocenters. The van der Waals surface area contributed by atoms with Crippen LogP contribution in [0.15, 0.2) is 54.6 Å². The quantitative estimate of drug-likeness (QED) is 0.252. The lowest BCUT2D eigenvalue weighted by atomic mass is 9.99. The summed E-state index contributed by atoms with van der Waals surface area (Å²) in [4.78, 5) is 0. The molecule has 0 radical (unpaired) electrons. The minimum atomic E-state index is -0.320. The van der Waals surface area contributed by atoms with Crippen LogP contribution in [-0.2, 0) is 4.57 Å². The van der Waals surface area contributed by atoms with E-state index in [9.17, 15) is 4.57 Å². The lowest BCUT2D eigenvalue weighted by Gasteiger charge is -2.08. The molecule has 0 saturated heterocycles. The lowest BCUT2D eigenvalue weighted by molar-refractivity contribution is 0.603. The summed E-state index contributed by atoms with van der Waals surface area (Å²) < 4.78 is 10.2. The Balaban J connectivity index is 0.000000245. The van der Waals surface area contributed by atoms with Crippen molar-refractivity contribution in [2.24, 2.45) is 11.5 Å². The summed E-state index contributed by atoms with van der Waals surface area (Å²) in [7, 11) is -0.320. The Labute approximate surface area is 193 Å². The second-order valence-electron chi connectivity index (χ2n) is 7.84. The number of nitrogen functional groups attached to an aromatic ring is 2. The van der Waals surface area contributed by atoms with Gasteiger partial charge in [-0.3, -0.25) is 10.8 Å². The second-order valence-corrected chi connectivity index (χ2v) is 8.62. The topological polar surface area (TPSA) is 117 Å². The van der Waals surface area contributed by atoms with E-state index in [0.717, 1.165) is 38.7 Å². The summed E-state index contributed by atoms with van der Waals surface area (Å²) in [6, 6.07) is 17.5. The van der Waals surface area contributed by atoms with Gasteiger partial charge in [-0.15, -0.1) is 0 Å². The molecule has 0 heterocycles. The van der Waals surface area contributed by atoms with Crippen LogP contribution in [0, 0.1) is 52.4 Å². The lowest BCUT2D eigenvalue weighted by Crippen LogP contribution is -2.14. The molecular formula is C26H34N4OP+. The zero-order chi connectivity index (χ0) is 24.4. The van der Waals surface area contributed by atoms with Crippen LogP contribution in [-0.4, -0.2) is 11.7 Å². The van der Waals surface area contributed by atoms with Crippen LogP contribution in [0.4, 0.5) is 0 Å². The van der Waals surface area contributed by atoms with Crippen molar-refractivity contribution in [1.29, 1.82) is 10.8 Å². The van der Waals surface area contributed by atoms with Gasteiger partial charge in [-0.2, -0.15) is 0 Å². The summed E-state index contributed by atoms with van der Waals surface area (Å²) >= 11 is 0. The first kappa shape index (κ1) is 26.7. The van der Waals surface area contributed by atoms with Crippen LogP contribution < -0.4 is 16.8 Å². The van der Waals surface area contributed by atoms with E-state index in [4.69, 9.17) is 22.3 Å². The van der Waals surface area contributed by atoms with E-state index in [1.165, 1.54) is 11.1 Å². The van der Waals surface area contributed by atoms with E-state index in [1.54, 1.807) is 0 Å². The van der Waals surface area contributed by atoms with Crippen LogP contribution in [0.5, 0.6) is 0 Å². The fourth-order valence-corrected chi connectivity index (χ4v) is 4.04. The normalized spacial score (nSPS) is 9.81. The summed E-state index contributed by atoms with van der Waals surface area (Å²) in [6.45, 7) is 12.0.